The highest BCUT2D eigenvalue weighted by atomic mass is 19.1. The zero-order valence-electron chi connectivity index (χ0n) is 15.3. The molecular weight excluding hydrogens is 378 g/mol. The zero-order valence-corrected chi connectivity index (χ0v) is 15.3. The van der Waals surface area contributed by atoms with Crippen LogP contribution in [0.5, 0.6) is 0 Å². The van der Waals surface area contributed by atoms with Crippen molar-refractivity contribution in [2.75, 3.05) is 23.4 Å². The summed E-state index contributed by atoms with van der Waals surface area (Å²) < 4.78 is 31.8. The van der Waals surface area contributed by atoms with Crippen molar-refractivity contribution in [3.05, 3.63) is 90.5 Å². The summed E-state index contributed by atoms with van der Waals surface area (Å²) in [5, 5.41) is 2.18. The van der Waals surface area contributed by atoms with Gasteiger partial charge in [-0.3, -0.25) is 9.59 Å². The number of anilines is 3. The Balaban J connectivity index is 1.62. The summed E-state index contributed by atoms with van der Waals surface area (Å²) in [5.74, 6) is -2.90. The molecule has 0 aliphatic heterocycles. The van der Waals surface area contributed by atoms with Crippen molar-refractivity contribution in [2.24, 2.45) is 0 Å². The van der Waals surface area contributed by atoms with Crippen molar-refractivity contribution in [2.45, 2.75) is 0 Å². The maximum absolute atomic E-state index is 13.6. The van der Waals surface area contributed by atoms with Crippen LogP contribution in [0.2, 0.25) is 0 Å². The summed E-state index contributed by atoms with van der Waals surface area (Å²) in [6, 6.07) is 21.2. The number of benzene rings is 3. The van der Waals surface area contributed by atoms with E-state index in [1.165, 1.54) is 0 Å². The molecule has 0 radical (unpaired) electrons. The second-order valence-corrected chi connectivity index (χ2v) is 6.09. The molecule has 0 unspecified atom stereocenters. The SMILES string of the molecule is O=C(COC(=O)CN(c1ccccc1)c1ccccc1)Nc1cc(F)ccc1F. The van der Waals surface area contributed by atoms with E-state index in [1.54, 1.807) is 4.90 Å². The summed E-state index contributed by atoms with van der Waals surface area (Å²) >= 11 is 0. The Morgan fingerprint density at radius 2 is 1.45 bits per heavy atom. The van der Waals surface area contributed by atoms with Gasteiger partial charge in [0.1, 0.15) is 18.2 Å². The number of nitrogens with one attached hydrogen (secondary N) is 1. The fraction of sp³-hybridized carbons (Fsp3) is 0.0909. The lowest BCUT2D eigenvalue weighted by molar-refractivity contribution is -0.145. The highest BCUT2D eigenvalue weighted by Gasteiger charge is 2.16. The average molecular weight is 396 g/mol. The van der Waals surface area contributed by atoms with E-state index in [-0.39, 0.29) is 12.2 Å². The molecule has 3 aromatic rings. The predicted molar refractivity (Wildman–Crippen MR) is 106 cm³/mol. The Hall–Kier alpha value is -3.74. The second kappa shape index (κ2) is 9.45. The van der Waals surface area contributed by atoms with Gasteiger partial charge in [0.05, 0.1) is 5.69 Å². The molecule has 3 aromatic carbocycles. The number of halogens is 2. The van der Waals surface area contributed by atoms with Gasteiger partial charge in [-0.1, -0.05) is 36.4 Å². The number of hydrogen-bond donors (Lipinski definition) is 1. The predicted octanol–water partition coefficient (Wildman–Crippen LogP) is 4.28. The van der Waals surface area contributed by atoms with E-state index in [1.807, 2.05) is 60.7 Å². The topological polar surface area (TPSA) is 58.6 Å². The van der Waals surface area contributed by atoms with Crippen molar-refractivity contribution in [1.29, 1.82) is 0 Å². The first kappa shape index (κ1) is 20.0. The zero-order chi connectivity index (χ0) is 20.6. The Morgan fingerprint density at radius 1 is 0.862 bits per heavy atom. The minimum atomic E-state index is -0.787. The maximum atomic E-state index is 13.6. The number of esters is 1. The van der Waals surface area contributed by atoms with Crippen LogP contribution in [0, 0.1) is 11.6 Å². The molecule has 0 heterocycles. The van der Waals surface area contributed by atoms with Crippen molar-refractivity contribution in [3.63, 3.8) is 0 Å². The summed E-state index contributed by atoms with van der Waals surface area (Å²) in [4.78, 5) is 26.0. The minimum Gasteiger partial charge on any atom is -0.454 e. The van der Waals surface area contributed by atoms with Gasteiger partial charge in [-0.05, 0) is 36.4 Å². The lowest BCUT2D eigenvalue weighted by Crippen LogP contribution is -2.29. The number of para-hydroxylation sites is 2. The van der Waals surface area contributed by atoms with E-state index in [0.29, 0.717) is 0 Å². The third kappa shape index (κ3) is 5.62. The summed E-state index contributed by atoms with van der Waals surface area (Å²) in [6.07, 6.45) is 0. The van der Waals surface area contributed by atoms with Crippen molar-refractivity contribution in [3.8, 4) is 0 Å². The van der Waals surface area contributed by atoms with Crippen molar-refractivity contribution < 1.29 is 23.1 Å². The fourth-order valence-corrected chi connectivity index (χ4v) is 2.65. The standard InChI is InChI=1S/C22H18F2N2O3/c23-16-11-12-19(24)20(13-16)25-21(27)15-29-22(28)14-26(17-7-3-1-4-8-17)18-9-5-2-6-10-18/h1-13H,14-15H2,(H,25,27). The van der Waals surface area contributed by atoms with E-state index in [2.05, 4.69) is 5.32 Å². The van der Waals surface area contributed by atoms with E-state index < -0.39 is 30.1 Å². The number of rotatable bonds is 7. The molecule has 0 saturated heterocycles. The number of ether oxygens (including phenoxy) is 1. The monoisotopic (exact) mass is 396 g/mol. The smallest absolute Gasteiger partial charge is 0.326 e. The molecule has 1 amide bonds. The molecular formula is C22H18F2N2O3. The second-order valence-electron chi connectivity index (χ2n) is 6.09. The van der Waals surface area contributed by atoms with Crippen LogP contribution in [0.4, 0.5) is 25.8 Å². The van der Waals surface area contributed by atoms with Gasteiger partial charge >= 0.3 is 5.97 Å². The van der Waals surface area contributed by atoms with Crippen LogP contribution in [0.15, 0.2) is 78.9 Å². The molecule has 29 heavy (non-hydrogen) atoms. The first-order valence-electron chi connectivity index (χ1n) is 8.81. The third-order valence-corrected chi connectivity index (χ3v) is 3.99. The van der Waals surface area contributed by atoms with Crippen LogP contribution >= 0.6 is 0 Å². The molecule has 5 nitrogen and oxygen atoms in total. The molecule has 0 fully saturated rings. The fourth-order valence-electron chi connectivity index (χ4n) is 2.65. The first-order valence-corrected chi connectivity index (χ1v) is 8.81. The van der Waals surface area contributed by atoms with E-state index in [4.69, 9.17) is 4.74 Å². The number of carbonyl (C=O) groups is 2. The molecule has 0 aliphatic rings. The van der Waals surface area contributed by atoms with Gasteiger partial charge in [-0.15, -0.1) is 0 Å². The van der Waals surface area contributed by atoms with Gasteiger partial charge in [-0.2, -0.15) is 0 Å². The molecule has 0 spiro atoms. The summed E-state index contributed by atoms with van der Waals surface area (Å²) in [7, 11) is 0. The summed E-state index contributed by atoms with van der Waals surface area (Å²) in [6.45, 7) is -0.748. The molecule has 148 valence electrons. The van der Waals surface area contributed by atoms with Gasteiger partial charge in [-0.25, -0.2) is 8.78 Å². The first-order chi connectivity index (χ1) is 14.0. The largest absolute Gasteiger partial charge is 0.454 e. The number of carbonyl (C=O) groups excluding carboxylic acids is 2. The molecule has 0 aromatic heterocycles. The van der Waals surface area contributed by atoms with E-state index in [9.17, 15) is 18.4 Å². The number of amides is 1. The van der Waals surface area contributed by atoms with Gasteiger partial charge in [0.25, 0.3) is 5.91 Å². The molecule has 7 heteroatoms. The Morgan fingerprint density at radius 3 is 2.03 bits per heavy atom. The molecule has 1 N–H and O–H groups in total. The minimum absolute atomic E-state index is 0.129. The Bertz CT molecular complexity index is 942. The molecule has 0 saturated carbocycles. The third-order valence-electron chi connectivity index (χ3n) is 3.99. The van der Waals surface area contributed by atoms with Crippen LogP contribution in [0.1, 0.15) is 0 Å². The van der Waals surface area contributed by atoms with Crippen LogP contribution in [-0.4, -0.2) is 25.0 Å². The van der Waals surface area contributed by atoms with Crippen LogP contribution < -0.4 is 10.2 Å². The van der Waals surface area contributed by atoms with E-state index in [0.717, 1.165) is 29.6 Å². The lowest BCUT2D eigenvalue weighted by atomic mass is 10.2. The average Bonchev–Trinajstić information content (AvgIpc) is 2.74. The molecule has 0 atom stereocenters. The number of hydrogen-bond acceptors (Lipinski definition) is 4. The maximum Gasteiger partial charge on any atom is 0.326 e. The number of nitrogens with zero attached hydrogens (tertiary/aromatic N) is 1. The molecule has 3 rings (SSSR count). The summed E-state index contributed by atoms with van der Waals surface area (Å²) in [5.41, 5.74) is 1.24. The highest BCUT2D eigenvalue weighted by molar-refractivity contribution is 5.93. The van der Waals surface area contributed by atoms with Crippen molar-refractivity contribution >= 4 is 28.9 Å². The van der Waals surface area contributed by atoms with Gasteiger partial charge in [0.15, 0.2) is 6.61 Å². The van der Waals surface area contributed by atoms with Crippen molar-refractivity contribution in [1.82, 2.24) is 0 Å². The quantitative estimate of drug-likeness (QED) is 0.606. The van der Waals surface area contributed by atoms with Crippen LogP contribution in [0.25, 0.3) is 0 Å². The van der Waals surface area contributed by atoms with Gasteiger partial charge in [0.2, 0.25) is 0 Å². The van der Waals surface area contributed by atoms with Gasteiger partial charge in [0, 0.05) is 17.4 Å². The highest BCUT2D eigenvalue weighted by Crippen LogP contribution is 2.24. The lowest BCUT2D eigenvalue weighted by Gasteiger charge is -2.24. The molecule has 0 bridgehead atoms. The Kier molecular flexibility index (Phi) is 6.52. The Labute approximate surface area is 166 Å². The normalized spacial score (nSPS) is 10.3. The van der Waals surface area contributed by atoms with Crippen LogP contribution in [0.3, 0.4) is 0 Å². The van der Waals surface area contributed by atoms with Gasteiger partial charge < -0.3 is 15.0 Å². The van der Waals surface area contributed by atoms with Crippen LogP contribution in [-0.2, 0) is 14.3 Å². The van der Waals surface area contributed by atoms with E-state index >= 15 is 0 Å². The molecule has 0 aliphatic carbocycles.